The molecule has 0 rings (SSSR count). The van der Waals surface area contributed by atoms with Gasteiger partial charge in [-0.2, -0.15) is 0 Å². The molecule has 2 nitrogen and oxygen atoms in total. The standard InChI is InChI=1S/C12H20O2/c1-2-3-4-5-6-7-8-9-10-11-12(13)14/h6-9H,2-5,10-11H2,1H3,(H,13,14)/b7-6-,9-8+. The van der Waals surface area contributed by atoms with Crippen molar-refractivity contribution in [1.82, 2.24) is 0 Å². The summed E-state index contributed by atoms with van der Waals surface area (Å²) in [5.41, 5.74) is 0. The van der Waals surface area contributed by atoms with Crippen LogP contribution in [0.5, 0.6) is 0 Å². The van der Waals surface area contributed by atoms with Gasteiger partial charge in [-0.15, -0.1) is 0 Å². The minimum Gasteiger partial charge on any atom is -0.481 e. The van der Waals surface area contributed by atoms with E-state index in [9.17, 15) is 4.79 Å². The van der Waals surface area contributed by atoms with Gasteiger partial charge in [-0.25, -0.2) is 0 Å². The van der Waals surface area contributed by atoms with Gasteiger partial charge in [-0.05, 0) is 19.3 Å². The molecule has 0 radical (unpaired) electrons. The maximum Gasteiger partial charge on any atom is 0.303 e. The lowest BCUT2D eigenvalue weighted by Gasteiger charge is -1.90. The summed E-state index contributed by atoms with van der Waals surface area (Å²) in [4.78, 5) is 10.2. The molecular weight excluding hydrogens is 176 g/mol. The molecule has 0 bridgehead atoms. The third-order valence-corrected chi connectivity index (χ3v) is 1.88. The number of unbranched alkanes of at least 4 members (excludes halogenated alkanes) is 3. The zero-order chi connectivity index (χ0) is 10.6. The second-order valence-corrected chi connectivity index (χ2v) is 3.28. The summed E-state index contributed by atoms with van der Waals surface area (Å²) in [7, 11) is 0. The lowest BCUT2D eigenvalue weighted by Crippen LogP contribution is -1.91. The molecule has 0 aliphatic rings. The summed E-state index contributed by atoms with van der Waals surface area (Å²) in [5.74, 6) is -0.735. The van der Waals surface area contributed by atoms with Gasteiger partial charge in [0.05, 0.1) is 0 Å². The van der Waals surface area contributed by atoms with Gasteiger partial charge in [0.15, 0.2) is 0 Å². The zero-order valence-electron chi connectivity index (χ0n) is 8.91. The van der Waals surface area contributed by atoms with Crippen molar-refractivity contribution in [2.24, 2.45) is 0 Å². The lowest BCUT2D eigenvalue weighted by atomic mass is 10.2. The first-order valence-corrected chi connectivity index (χ1v) is 5.30. The molecule has 0 amide bonds. The molecule has 0 heterocycles. The van der Waals surface area contributed by atoms with Gasteiger partial charge in [0.25, 0.3) is 0 Å². The molecule has 2 heteroatoms. The van der Waals surface area contributed by atoms with E-state index in [4.69, 9.17) is 5.11 Å². The van der Waals surface area contributed by atoms with E-state index >= 15 is 0 Å². The number of carboxylic acid groups (broad SMARTS) is 1. The summed E-state index contributed by atoms with van der Waals surface area (Å²) in [6.45, 7) is 2.19. The first kappa shape index (κ1) is 12.9. The highest BCUT2D eigenvalue weighted by Crippen LogP contribution is 1.99. The highest BCUT2D eigenvalue weighted by Gasteiger charge is 1.90. The SMILES string of the molecule is CCCCC/C=C\C=C\CCC(=O)O. The summed E-state index contributed by atoms with van der Waals surface area (Å²) in [6.07, 6.45) is 13.7. The monoisotopic (exact) mass is 196 g/mol. The Bertz CT molecular complexity index is 192. The van der Waals surface area contributed by atoms with Gasteiger partial charge in [-0.1, -0.05) is 44.1 Å². The fourth-order valence-electron chi connectivity index (χ4n) is 1.07. The van der Waals surface area contributed by atoms with Crippen molar-refractivity contribution in [1.29, 1.82) is 0 Å². The van der Waals surface area contributed by atoms with E-state index in [1.165, 1.54) is 19.3 Å². The van der Waals surface area contributed by atoms with Crippen molar-refractivity contribution in [3.63, 3.8) is 0 Å². The van der Waals surface area contributed by atoms with Gasteiger partial charge in [0, 0.05) is 6.42 Å². The van der Waals surface area contributed by atoms with Crippen molar-refractivity contribution >= 4 is 5.97 Å². The Balaban J connectivity index is 3.28. The zero-order valence-corrected chi connectivity index (χ0v) is 8.91. The van der Waals surface area contributed by atoms with Crippen LogP contribution in [0.25, 0.3) is 0 Å². The lowest BCUT2D eigenvalue weighted by molar-refractivity contribution is -0.136. The van der Waals surface area contributed by atoms with Crippen LogP contribution in [-0.2, 0) is 4.79 Å². The molecule has 0 aromatic rings. The normalized spacial score (nSPS) is 11.5. The topological polar surface area (TPSA) is 37.3 Å². The van der Waals surface area contributed by atoms with Crippen LogP contribution < -0.4 is 0 Å². The van der Waals surface area contributed by atoms with Crippen LogP contribution >= 0.6 is 0 Å². The molecule has 0 aromatic carbocycles. The number of carboxylic acids is 1. The summed E-state index contributed by atoms with van der Waals surface area (Å²) in [6, 6.07) is 0. The van der Waals surface area contributed by atoms with Crippen LogP contribution in [0.2, 0.25) is 0 Å². The van der Waals surface area contributed by atoms with E-state index in [-0.39, 0.29) is 6.42 Å². The molecule has 0 saturated heterocycles. The van der Waals surface area contributed by atoms with Gasteiger partial charge in [0.1, 0.15) is 0 Å². The average Bonchev–Trinajstić information content (AvgIpc) is 2.15. The Labute approximate surface area is 86.3 Å². The molecule has 0 aromatic heterocycles. The summed E-state index contributed by atoms with van der Waals surface area (Å²) >= 11 is 0. The molecule has 0 spiro atoms. The molecule has 0 saturated carbocycles. The van der Waals surface area contributed by atoms with E-state index < -0.39 is 5.97 Å². The number of hydrogen-bond acceptors (Lipinski definition) is 1. The fourth-order valence-corrected chi connectivity index (χ4v) is 1.07. The molecule has 80 valence electrons. The number of carbonyl (C=O) groups is 1. The molecular formula is C12H20O2. The molecule has 0 aliphatic carbocycles. The summed E-state index contributed by atoms with van der Waals surface area (Å²) < 4.78 is 0. The quantitative estimate of drug-likeness (QED) is 0.476. The van der Waals surface area contributed by atoms with Crippen molar-refractivity contribution in [2.75, 3.05) is 0 Å². The molecule has 0 atom stereocenters. The third-order valence-electron chi connectivity index (χ3n) is 1.88. The molecule has 1 N–H and O–H groups in total. The van der Waals surface area contributed by atoms with Gasteiger partial charge in [0.2, 0.25) is 0 Å². The Morgan fingerprint density at radius 1 is 1.14 bits per heavy atom. The largest absolute Gasteiger partial charge is 0.481 e. The average molecular weight is 196 g/mol. The predicted molar refractivity (Wildman–Crippen MR) is 59.3 cm³/mol. The van der Waals surface area contributed by atoms with Crippen molar-refractivity contribution < 1.29 is 9.90 Å². The number of aliphatic carboxylic acids is 1. The van der Waals surface area contributed by atoms with Crippen LogP contribution in [0.4, 0.5) is 0 Å². The van der Waals surface area contributed by atoms with E-state index in [0.29, 0.717) is 6.42 Å². The third kappa shape index (κ3) is 11.0. The maximum atomic E-state index is 10.2. The number of hydrogen-bond donors (Lipinski definition) is 1. The van der Waals surface area contributed by atoms with Gasteiger partial charge >= 0.3 is 5.97 Å². The number of allylic oxidation sites excluding steroid dienone is 4. The van der Waals surface area contributed by atoms with E-state index in [1.807, 2.05) is 18.2 Å². The van der Waals surface area contributed by atoms with Crippen molar-refractivity contribution in [2.45, 2.75) is 45.4 Å². The molecule has 0 fully saturated rings. The van der Waals surface area contributed by atoms with Crippen LogP contribution in [0.15, 0.2) is 24.3 Å². The van der Waals surface area contributed by atoms with Crippen LogP contribution in [-0.4, -0.2) is 11.1 Å². The Morgan fingerprint density at radius 2 is 1.79 bits per heavy atom. The fraction of sp³-hybridized carbons (Fsp3) is 0.583. The van der Waals surface area contributed by atoms with Crippen LogP contribution in [0.3, 0.4) is 0 Å². The smallest absolute Gasteiger partial charge is 0.303 e. The highest BCUT2D eigenvalue weighted by atomic mass is 16.4. The van der Waals surface area contributed by atoms with Gasteiger partial charge in [-0.3, -0.25) is 4.79 Å². The highest BCUT2D eigenvalue weighted by molar-refractivity contribution is 5.66. The van der Waals surface area contributed by atoms with Crippen molar-refractivity contribution in [3.8, 4) is 0 Å². The maximum absolute atomic E-state index is 10.2. The van der Waals surface area contributed by atoms with Crippen molar-refractivity contribution in [3.05, 3.63) is 24.3 Å². The first-order chi connectivity index (χ1) is 6.77. The second-order valence-electron chi connectivity index (χ2n) is 3.28. The number of rotatable bonds is 8. The van der Waals surface area contributed by atoms with E-state index in [0.717, 1.165) is 6.42 Å². The second kappa shape index (κ2) is 10.0. The molecule has 0 aliphatic heterocycles. The van der Waals surface area contributed by atoms with Crippen LogP contribution in [0, 0.1) is 0 Å². The molecule has 0 unspecified atom stereocenters. The predicted octanol–water partition coefficient (Wildman–Crippen LogP) is 3.54. The minimum atomic E-state index is -0.735. The first-order valence-electron chi connectivity index (χ1n) is 5.30. The van der Waals surface area contributed by atoms with E-state index in [2.05, 4.69) is 13.0 Å². The Morgan fingerprint density at radius 3 is 2.36 bits per heavy atom. The van der Waals surface area contributed by atoms with E-state index in [1.54, 1.807) is 0 Å². The Hall–Kier alpha value is -1.05. The molecule has 14 heavy (non-hydrogen) atoms. The van der Waals surface area contributed by atoms with Crippen LogP contribution in [0.1, 0.15) is 45.4 Å². The summed E-state index contributed by atoms with van der Waals surface area (Å²) in [5, 5.41) is 8.36. The Kier molecular flexibility index (Phi) is 9.28. The van der Waals surface area contributed by atoms with Gasteiger partial charge < -0.3 is 5.11 Å². The minimum absolute atomic E-state index is 0.222.